The van der Waals surface area contributed by atoms with Crippen molar-refractivity contribution in [3.8, 4) is 0 Å². The van der Waals surface area contributed by atoms with Crippen molar-refractivity contribution in [3.05, 3.63) is 24.3 Å². The molecule has 0 aliphatic rings. The fourth-order valence-corrected chi connectivity index (χ4v) is 5.63. The zero-order valence-electron chi connectivity index (χ0n) is 32.4. The summed E-state index contributed by atoms with van der Waals surface area (Å²) in [6.07, 6.45) is 33.4. The summed E-state index contributed by atoms with van der Waals surface area (Å²) in [7, 11) is 5.39. The molecule has 0 aromatic heterocycles. The van der Waals surface area contributed by atoms with Crippen LogP contribution in [0.3, 0.4) is 0 Å². The number of esters is 2. The molecule has 286 valence electrons. The van der Waals surface area contributed by atoms with Crippen LogP contribution in [-0.4, -0.2) is 75.5 Å². The van der Waals surface area contributed by atoms with Gasteiger partial charge in [-0.25, -0.2) is 0 Å². The number of likely N-dealkylation sites (N-methyl/N-ethyl adjacent to an activating group) is 1. The average Bonchev–Trinajstić information content (AvgIpc) is 3.05. The summed E-state index contributed by atoms with van der Waals surface area (Å²) < 4.78 is 17.1. The Hall–Kier alpha value is -2.19. The van der Waals surface area contributed by atoms with Crippen LogP contribution in [0.1, 0.15) is 168 Å². The lowest BCUT2D eigenvalue weighted by atomic mass is 10.1. The van der Waals surface area contributed by atoms with Crippen LogP contribution in [0.5, 0.6) is 0 Å². The molecule has 0 radical (unpaired) electrons. The molecule has 0 aliphatic carbocycles. The molecule has 0 rings (SSSR count). The first-order valence-corrected chi connectivity index (χ1v) is 19.9. The van der Waals surface area contributed by atoms with Crippen LogP contribution < -0.4 is 5.11 Å². The van der Waals surface area contributed by atoms with Gasteiger partial charge in [0.25, 0.3) is 0 Å². The molecule has 0 bridgehead atoms. The predicted octanol–water partition coefficient (Wildman–Crippen LogP) is 8.80. The van der Waals surface area contributed by atoms with Gasteiger partial charge in [0, 0.05) is 19.3 Å². The van der Waals surface area contributed by atoms with Gasteiger partial charge in [0.05, 0.1) is 40.3 Å². The van der Waals surface area contributed by atoms with Crippen molar-refractivity contribution < 1.29 is 38.2 Å². The highest BCUT2D eigenvalue weighted by atomic mass is 16.6. The molecule has 49 heavy (non-hydrogen) atoms. The number of quaternary nitrogens is 1. The molecular formula is C41H75NO7. The molecular weight excluding hydrogens is 618 g/mol. The van der Waals surface area contributed by atoms with Gasteiger partial charge in [-0.2, -0.15) is 0 Å². The van der Waals surface area contributed by atoms with Crippen LogP contribution in [0.2, 0.25) is 0 Å². The first-order valence-electron chi connectivity index (χ1n) is 19.9. The van der Waals surface area contributed by atoms with Gasteiger partial charge in [-0.1, -0.05) is 115 Å². The summed E-state index contributed by atoms with van der Waals surface area (Å²) in [4.78, 5) is 36.6. The van der Waals surface area contributed by atoms with Crippen LogP contribution in [0, 0.1) is 0 Å². The molecule has 0 amide bonds. The van der Waals surface area contributed by atoms with E-state index in [4.69, 9.17) is 14.2 Å². The first-order chi connectivity index (χ1) is 23.6. The Morgan fingerprint density at radius 3 is 1.53 bits per heavy atom. The number of hydrogen-bond acceptors (Lipinski definition) is 7. The molecule has 0 aliphatic heterocycles. The third-order valence-corrected chi connectivity index (χ3v) is 8.81. The lowest BCUT2D eigenvalue weighted by Crippen LogP contribution is -2.55. The topological polar surface area (TPSA) is 102 Å². The largest absolute Gasteiger partial charge is 0.544 e. The number of nitrogens with zero attached hydrogens (tertiary/aromatic N) is 1. The highest BCUT2D eigenvalue weighted by molar-refractivity contribution is 5.70. The maximum Gasteiger partial charge on any atom is 0.306 e. The van der Waals surface area contributed by atoms with Crippen molar-refractivity contribution in [2.24, 2.45) is 0 Å². The van der Waals surface area contributed by atoms with Gasteiger partial charge >= 0.3 is 11.9 Å². The number of carboxylic acid groups (broad SMARTS) is 1. The van der Waals surface area contributed by atoms with Crippen molar-refractivity contribution in [2.45, 2.75) is 180 Å². The van der Waals surface area contributed by atoms with E-state index in [2.05, 4.69) is 38.2 Å². The van der Waals surface area contributed by atoms with E-state index in [0.717, 1.165) is 64.2 Å². The number of carbonyl (C=O) groups excluding carboxylic acids is 3. The maximum atomic E-state index is 12.6. The fraction of sp³-hybridized carbons (Fsp3) is 0.829. The smallest absolute Gasteiger partial charge is 0.306 e. The number of carboxylic acids is 1. The minimum absolute atomic E-state index is 0.0368. The summed E-state index contributed by atoms with van der Waals surface area (Å²) >= 11 is 0. The molecule has 0 heterocycles. The molecule has 0 fully saturated rings. The second kappa shape index (κ2) is 33.0. The van der Waals surface area contributed by atoms with Crippen molar-refractivity contribution in [1.29, 1.82) is 0 Å². The summed E-state index contributed by atoms with van der Waals surface area (Å²) in [6.45, 7) is 4.59. The third kappa shape index (κ3) is 31.5. The second-order valence-corrected chi connectivity index (χ2v) is 14.5. The highest BCUT2D eigenvalue weighted by Crippen LogP contribution is 2.13. The number of rotatable bonds is 35. The van der Waals surface area contributed by atoms with E-state index in [1.807, 2.05) is 0 Å². The molecule has 0 saturated heterocycles. The van der Waals surface area contributed by atoms with Crippen molar-refractivity contribution in [3.63, 3.8) is 0 Å². The Kier molecular flexibility index (Phi) is 31.5. The second-order valence-electron chi connectivity index (χ2n) is 14.5. The van der Waals surface area contributed by atoms with Crippen molar-refractivity contribution >= 4 is 17.9 Å². The van der Waals surface area contributed by atoms with Crippen LogP contribution in [0.25, 0.3) is 0 Å². The molecule has 2 unspecified atom stereocenters. The molecule has 0 saturated carbocycles. The van der Waals surface area contributed by atoms with Gasteiger partial charge in [-0.05, 0) is 57.8 Å². The zero-order valence-corrected chi connectivity index (χ0v) is 32.4. The molecule has 0 aromatic carbocycles. The number of aliphatic carboxylic acids is 1. The quantitative estimate of drug-likeness (QED) is 0.0283. The van der Waals surface area contributed by atoms with Gasteiger partial charge in [0.15, 0.2) is 6.10 Å². The Balaban J connectivity index is 4.43. The van der Waals surface area contributed by atoms with E-state index in [0.29, 0.717) is 12.8 Å². The maximum absolute atomic E-state index is 12.6. The Morgan fingerprint density at radius 2 is 1.04 bits per heavy atom. The number of carbonyl (C=O) groups is 3. The third-order valence-electron chi connectivity index (χ3n) is 8.81. The fourth-order valence-electron chi connectivity index (χ4n) is 5.63. The van der Waals surface area contributed by atoms with Gasteiger partial charge in [-0.15, -0.1) is 0 Å². The number of hydrogen-bond donors (Lipinski definition) is 0. The Morgan fingerprint density at radius 1 is 0.592 bits per heavy atom. The molecule has 0 spiro atoms. The standard InChI is InChI=1S/C41H75NO7/c1-6-8-10-12-14-16-18-19-20-22-24-26-28-30-32-40(44)49-37(35-47-34-33-38(41(45)46)42(3,4)5)36-48-39(43)31-29-27-25-23-21-17-15-13-11-9-7-2/h13,15,18-19,37-38H,6-12,14,16-17,20-36H2,1-5H3/b15-13-,19-18-. The Labute approximate surface area is 301 Å². The zero-order chi connectivity index (χ0) is 36.4. The lowest BCUT2D eigenvalue weighted by molar-refractivity contribution is -0.889. The van der Waals surface area contributed by atoms with Crippen molar-refractivity contribution in [2.75, 3.05) is 41.0 Å². The minimum atomic E-state index is -1.13. The molecule has 2 atom stereocenters. The van der Waals surface area contributed by atoms with Crippen LogP contribution >= 0.6 is 0 Å². The van der Waals surface area contributed by atoms with Crippen LogP contribution in [0.15, 0.2) is 24.3 Å². The summed E-state index contributed by atoms with van der Waals surface area (Å²) in [5.41, 5.74) is 0. The van der Waals surface area contributed by atoms with E-state index in [1.54, 1.807) is 21.1 Å². The van der Waals surface area contributed by atoms with E-state index < -0.39 is 18.1 Å². The van der Waals surface area contributed by atoms with E-state index in [9.17, 15) is 19.5 Å². The highest BCUT2D eigenvalue weighted by Gasteiger charge is 2.25. The molecule has 0 N–H and O–H groups in total. The number of allylic oxidation sites excluding steroid dienone is 4. The summed E-state index contributed by atoms with van der Waals surface area (Å²) in [5, 5.41) is 11.6. The molecule has 8 nitrogen and oxygen atoms in total. The normalized spacial score (nSPS) is 13.2. The molecule has 8 heteroatoms. The SMILES string of the molecule is CCCC/C=C\CCCCCCCC(=O)OCC(COCCC(C(=O)[O-])[N+](C)(C)C)OC(=O)CCCCCCC/C=C\CCCCCCC. The summed E-state index contributed by atoms with van der Waals surface area (Å²) in [6, 6.07) is -0.725. The monoisotopic (exact) mass is 694 g/mol. The van der Waals surface area contributed by atoms with E-state index in [1.165, 1.54) is 70.6 Å². The average molecular weight is 694 g/mol. The van der Waals surface area contributed by atoms with Gasteiger partial charge in [0.2, 0.25) is 0 Å². The first kappa shape index (κ1) is 46.8. The van der Waals surface area contributed by atoms with Gasteiger partial charge < -0.3 is 28.6 Å². The van der Waals surface area contributed by atoms with Gasteiger partial charge in [-0.3, -0.25) is 9.59 Å². The minimum Gasteiger partial charge on any atom is -0.544 e. The lowest BCUT2D eigenvalue weighted by Gasteiger charge is -2.34. The van der Waals surface area contributed by atoms with Crippen LogP contribution in [0.4, 0.5) is 0 Å². The van der Waals surface area contributed by atoms with Gasteiger partial charge in [0.1, 0.15) is 12.6 Å². The van der Waals surface area contributed by atoms with Crippen LogP contribution in [-0.2, 0) is 28.6 Å². The number of unbranched alkanes of at least 4 members (excludes halogenated alkanes) is 17. The Bertz CT molecular complexity index is 864. The van der Waals surface area contributed by atoms with E-state index >= 15 is 0 Å². The summed E-state index contributed by atoms with van der Waals surface area (Å²) in [5.74, 6) is -1.76. The predicted molar refractivity (Wildman–Crippen MR) is 199 cm³/mol. The van der Waals surface area contributed by atoms with E-state index in [-0.39, 0.29) is 42.7 Å². The van der Waals surface area contributed by atoms with Crippen molar-refractivity contribution in [1.82, 2.24) is 0 Å². The number of ether oxygens (including phenoxy) is 3. The molecule has 0 aromatic rings.